The number of rotatable bonds is 9. The smallest absolute Gasteiger partial charge is 0.191 e. The van der Waals surface area contributed by atoms with Gasteiger partial charge in [0.1, 0.15) is 0 Å². The van der Waals surface area contributed by atoms with E-state index in [4.69, 9.17) is 9.73 Å². The van der Waals surface area contributed by atoms with Crippen LogP contribution in [0.1, 0.15) is 40.2 Å². The molecule has 2 N–H and O–H groups in total. The molecular formula is C22H39N5O. The van der Waals surface area contributed by atoms with Gasteiger partial charge in [0.05, 0.1) is 19.8 Å². The number of hydrogen-bond donors (Lipinski definition) is 2. The van der Waals surface area contributed by atoms with Gasteiger partial charge in [-0.25, -0.2) is 4.99 Å². The second-order valence-electron chi connectivity index (χ2n) is 7.78. The quantitative estimate of drug-likeness (QED) is 0.502. The maximum Gasteiger partial charge on any atom is 0.191 e. The highest BCUT2D eigenvalue weighted by atomic mass is 16.5. The molecule has 2 rings (SSSR count). The van der Waals surface area contributed by atoms with Gasteiger partial charge in [-0.15, -0.1) is 0 Å². The van der Waals surface area contributed by atoms with Gasteiger partial charge in [0, 0.05) is 50.5 Å². The summed E-state index contributed by atoms with van der Waals surface area (Å²) < 4.78 is 5.50. The van der Waals surface area contributed by atoms with Gasteiger partial charge in [-0.2, -0.15) is 0 Å². The molecule has 0 amide bonds. The maximum atomic E-state index is 5.50. The highest BCUT2D eigenvalue weighted by Gasteiger charge is 2.15. The highest BCUT2D eigenvalue weighted by molar-refractivity contribution is 5.79. The van der Waals surface area contributed by atoms with E-state index < -0.39 is 0 Å². The Bertz CT molecular complexity index is 588. The minimum Gasteiger partial charge on any atom is -0.378 e. The van der Waals surface area contributed by atoms with Crippen molar-refractivity contribution in [1.29, 1.82) is 0 Å². The van der Waals surface area contributed by atoms with Crippen LogP contribution in [-0.2, 0) is 11.3 Å². The summed E-state index contributed by atoms with van der Waals surface area (Å²) in [7, 11) is 0. The fourth-order valence-corrected chi connectivity index (χ4v) is 3.68. The lowest BCUT2D eigenvalue weighted by atomic mass is 10.1. The van der Waals surface area contributed by atoms with Gasteiger partial charge >= 0.3 is 0 Å². The summed E-state index contributed by atoms with van der Waals surface area (Å²) >= 11 is 0. The van der Waals surface area contributed by atoms with Crippen molar-refractivity contribution in [3.63, 3.8) is 0 Å². The molecule has 6 nitrogen and oxygen atoms in total. The van der Waals surface area contributed by atoms with Crippen molar-refractivity contribution >= 4 is 11.6 Å². The lowest BCUT2D eigenvalue weighted by Crippen LogP contribution is -2.45. The molecule has 158 valence electrons. The molecule has 1 aromatic carbocycles. The zero-order valence-electron chi connectivity index (χ0n) is 18.4. The first kappa shape index (κ1) is 22.5. The number of guanidine groups is 1. The molecule has 0 saturated carbocycles. The molecule has 28 heavy (non-hydrogen) atoms. The molecule has 1 aliphatic heterocycles. The molecule has 0 bridgehead atoms. The first-order chi connectivity index (χ1) is 13.5. The third-order valence-electron chi connectivity index (χ3n) is 5.08. The Kier molecular flexibility index (Phi) is 9.58. The summed E-state index contributed by atoms with van der Waals surface area (Å²) in [6, 6.07) is 9.66. The molecule has 1 heterocycles. The molecule has 0 aliphatic carbocycles. The number of hydrogen-bond acceptors (Lipinski definition) is 4. The molecular weight excluding hydrogens is 350 g/mol. The number of benzene rings is 1. The second kappa shape index (κ2) is 11.9. The molecule has 0 atom stereocenters. The van der Waals surface area contributed by atoms with E-state index in [2.05, 4.69) is 79.3 Å². The molecule has 0 unspecified atom stereocenters. The predicted octanol–water partition coefficient (Wildman–Crippen LogP) is 2.70. The normalized spacial score (nSPS) is 15.6. The Hall–Kier alpha value is -1.79. The molecule has 0 radical (unpaired) electrons. The molecule has 0 aromatic heterocycles. The van der Waals surface area contributed by atoms with Crippen LogP contribution in [0.3, 0.4) is 0 Å². The number of nitrogens with one attached hydrogen (secondary N) is 2. The van der Waals surface area contributed by atoms with Gasteiger partial charge in [-0.3, -0.25) is 4.90 Å². The number of ether oxygens (including phenoxy) is 1. The van der Waals surface area contributed by atoms with Gasteiger partial charge in [0.15, 0.2) is 5.96 Å². The van der Waals surface area contributed by atoms with E-state index in [0.29, 0.717) is 18.6 Å². The third kappa shape index (κ3) is 6.99. The lowest BCUT2D eigenvalue weighted by Gasteiger charge is -2.31. The van der Waals surface area contributed by atoms with Gasteiger partial charge in [0.25, 0.3) is 0 Å². The summed E-state index contributed by atoms with van der Waals surface area (Å²) in [6.07, 6.45) is 0. The Balaban J connectivity index is 1.98. The monoisotopic (exact) mass is 389 g/mol. The highest BCUT2D eigenvalue weighted by Crippen LogP contribution is 2.22. The largest absolute Gasteiger partial charge is 0.378 e. The molecule has 0 spiro atoms. The van der Waals surface area contributed by atoms with Crippen LogP contribution in [0.5, 0.6) is 0 Å². The zero-order valence-corrected chi connectivity index (χ0v) is 18.4. The standard InChI is InChI=1S/C22H39N5O/c1-6-23-22(24-11-12-27(18(2)3)19(4)5)25-17-20-9-7-8-10-21(20)26-13-15-28-16-14-26/h7-10,18-19H,6,11-17H2,1-5H3,(H2,23,24,25). The topological polar surface area (TPSA) is 52.1 Å². The van der Waals surface area contributed by atoms with E-state index in [1.54, 1.807) is 0 Å². The molecule has 1 saturated heterocycles. The van der Waals surface area contributed by atoms with Crippen LogP contribution in [0.4, 0.5) is 5.69 Å². The fourth-order valence-electron chi connectivity index (χ4n) is 3.68. The summed E-state index contributed by atoms with van der Waals surface area (Å²) in [5.74, 6) is 0.881. The number of morpholine rings is 1. The van der Waals surface area contributed by atoms with Crippen LogP contribution in [-0.4, -0.2) is 68.9 Å². The van der Waals surface area contributed by atoms with E-state index in [1.165, 1.54) is 11.3 Å². The average molecular weight is 390 g/mol. The average Bonchev–Trinajstić information content (AvgIpc) is 2.69. The predicted molar refractivity (Wildman–Crippen MR) is 119 cm³/mol. The van der Waals surface area contributed by atoms with Gasteiger partial charge in [-0.05, 0) is 46.2 Å². The van der Waals surface area contributed by atoms with Crippen LogP contribution < -0.4 is 15.5 Å². The van der Waals surface area contributed by atoms with Crippen molar-refractivity contribution in [3.05, 3.63) is 29.8 Å². The second-order valence-corrected chi connectivity index (χ2v) is 7.78. The first-order valence-electron chi connectivity index (χ1n) is 10.7. The van der Waals surface area contributed by atoms with Gasteiger partial charge in [-0.1, -0.05) is 18.2 Å². The van der Waals surface area contributed by atoms with Crippen molar-refractivity contribution in [2.75, 3.05) is 50.8 Å². The van der Waals surface area contributed by atoms with E-state index in [9.17, 15) is 0 Å². The molecule has 1 aliphatic rings. The minimum atomic E-state index is 0.543. The SMILES string of the molecule is CCNC(=NCc1ccccc1N1CCOCC1)NCCN(C(C)C)C(C)C. The number of para-hydroxylation sites is 1. The first-order valence-corrected chi connectivity index (χ1v) is 10.7. The van der Waals surface area contributed by atoms with Crippen molar-refractivity contribution in [2.45, 2.75) is 53.2 Å². The van der Waals surface area contributed by atoms with Crippen LogP contribution in [0.25, 0.3) is 0 Å². The molecule has 6 heteroatoms. The number of aliphatic imine (C=N–C) groups is 1. The number of anilines is 1. The summed E-state index contributed by atoms with van der Waals surface area (Å²) in [5, 5.41) is 6.86. The van der Waals surface area contributed by atoms with Crippen molar-refractivity contribution in [2.24, 2.45) is 4.99 Å². The number of nitrogens with zero attached hydrogens (tertiary/aromatic N) is 3. The van der Waals surface area contributed by atoms with Crippen LogP contribution in [0, 0.1) is 0 Å². The Labute approximate surface area is 171 Å². The molecule has 1 fully saturated rings. The van der Waals surface area contributed by atoms with Crippen LogP contribution in [0.2, 0.25) is 0 Å². The summed E-state index contributed by atoms with van der Waals surface area (Å²) in [6.45, 7) is 18.0. The van der Waals surface area contributed by atoms with E-state index in [-0.39, 0.29) is 0 Å². The Morgan fingerprint density at radius 3 is 2.43 bits per heavy atom. The third-order valence-corrected chi connectivity index (χ3v) is 5.08. The lowest BCUT2D eigenvalue weighted by molar-refractivity contribution is 0.122. The van der Waals surface area contributed by atoms with Gasteiger partial charge < -0.3 is 20.3 Å². The van der Waals surface area contributed by atoms with Crippen molar-refractivity contribution < 1.29 is 4.74 Å². The zero-order chi connectivity index (χ0) is 20.4. The van der Waals surface area contributed by atoms with E-state index in [0.717, 1.165) is 51.9 Å². The van der Waals surface area contributed by atoms with E-state index in [1.807, 2.05) is 0 Å². The minimum absolute atomic E-state index is 0.543. The summed E-state index contributed by atoms with van der Waals surface area (Å²) in [5.41, 5.74) is 2.53. The van der Waals surface area contributed by atoms with Crippen molar-refractivity contribution in [3.8, 4) is 0 Å². The molecule has 1 aromatic rings. The summed E-state index contributed by atoms with van der Waals surface area (Å²) in [4.78, 5) is 9.73. The van der Waals surface area contributed by atoms with E-state index >= 15 is 0 Å². The van der Waals surface area contributed by atoms with Crippen molar-refractivity contribution in [1.82, 2.24) is 15.5 Å². The fraction of sp³-hybridized carbons (Fsp3) is 0.682. The van der Waals surface area contributed by atoms with Gasteiger partial charge in [0.2, 0.25) is 0 Å². The maximum absolute atomic E-state index is 5.50. The van der Waals surface area contributed by atoms with Crippen LogP contribution in [0.15, 0.2) is 29.3 Å². The Morgan fingerprint density at radius 2 is 1.79 bits per heavy atom. The van der Waals surface area contributed by atoms with Crippen LogP contribution >= 0.6 is 0 Å². The Morgan fingerprint density at radius 1 is 1.11 bits per heavy atom.